The van der Waals surface area contributed by atoms with E-state index >= 15 is 0 Å². The van der Waals surface area contributed by atoms with Gasteiger partial charge in [0.25, 0.3) is 0 Å². The normalized spacial score (nSPS) is 32.0. The van der Waals surface area contributed by atoms with E-state index in [9.17, 15) is 5.11 Å². The van der Waals surface area contributed by atoms with E-state index in [2.05, 4.69) is 36.4 Å². The zero-order valence-corrected chi connectivity index (χ0v) is 12.7. The second kappa shape index (κ2) is 4.67. The fourth-order valence-electron chi connectivity index (χ4n) is 2.61. The molecule has 0 spiro atoms. The third kappa shape index (κ3) is 2.54. The summed E-state index contributed by atoms with van der Waals surface area (Å²) in [6, 6.07) is 5.67. The average molecular weight is 346 g/mol. The summed E-state index contributed by atoms with van der Waals surface area (Å²) in [5.41, 5.74) is 1.25. The first-order chi connectivity index (χ1) is 7.94. The van der Waals surface area contributed by atoms with Crippen LogP contribution < -0.4 is 4.74 Å². The minimum atomic E-state index is 0.219. The van der Waals surface area contributed by atoms with Crippen molar-refractivity contribution in [2.75, 3.05) is 7.11 Å². The van der Waals surface area contributed by atoms with Crippen molar-refractivity contribution in [2.24, 2.45) is 11.8 Å². The summed E-state index contributed by atoms with van der Waals surface area (Å²) in [4.78, 5) is 0. The van der Waals surface area contributed by atoms with Gasteiger partial charge in [0.15, 0.2) is 11.5 Å². The van der Waals surface area contributed by atoms with Crippen LogP contribution in [0.25, 0.3) is 0 Å². The molecule has 0 radical (unpaired) electrons. The Labute approximate surface area is 117 Å². The molecule has 0 heterocycles. The zero-order chi connectivity index (χ0) is 12.6. The monoisotopic (exact) mass is 346 g/mol. The van der Waals surface area contributed by atoms with Gasteiger partial charge in [0, 0.05) is 3.42 Å². The lowest BCUT2D eigenvalue weighted by Gasteiger charge is -2.48. The molecule has 0 bridgehead atoms. The van der Waals surface area contributed by atoms with Gasteiger partial charge in [0.1, 0.15) is 0 Å². The van der Waals surface area contributed by atoms with Gasteiger partial charge in [-0.05, 0) is 42.4 Å². The van der Waals surface area contributed by atoms with Gasteiger partial charge in [-0.15, -0.1) is 0 Å². The summed E-state index contributed by atoms with van der Waals surface area (Å²) in [5, 5.41) is 9.55. The van der Waals surface area contributed by atoms with Gasteiger partial charge in [-0.1, -0.05) is 42.5 Å². The van der Waals surface area contributed by atoms with Crippen LogP contribution in [0.1, 0.15) is 25.8 Å². The van der Waals surface area contributed by atoms with Crippen LogP contribution in [0.4, 0.5) is 0 Å². The Hall–Kier alpha value is -0.450. The van der Waals surface area contributed by atoms with Crippen LogP contribution in [0.5, 0.6) is 11.5 Å². The molecule has 1 fully saturated rings. The van der Waals surface area contributed by atoms with E-state index in [-0.39, 0.29) is 5.75 Å². The number of alkyl halides is 1. The highest BCUT2D eigenvalue weighted by atomic mass is 127. The first-order valence-electron chi connectivity index (χ1n) is 5.99. The molecule has 3 atom stereocenters. The second-order valence-corrected chi connectivity index (χ2v) is 7.71. The summed E-state index contributed by atoms with van der Waals surface area (Å²) in [6.45, 7) is 4.66. The van der Waals surface area contributed by atoms with Crippen molar-refractivity contribution < 1.29 is 9.84 Å². The van der Waals surface area contributed by atoms with Crippen LogP contribution in [-0.2, 0) is 6.42 Å². The number of halogens is 1. The maximum Gasteiger partial charge on any atom is 0.160 e. The van der Waals surface area contributed by atoms with Crippen molar-refractivity contribution in [2.45, 2.75) is 30.1 Å². The van der Waals surface area contributed by atoms with E-state index in [4.69, 9.17) is 4.74 Å². The van der Waals surface area contributed by atoms with Crippen LogP contribution in [0.3, 0.4) is 0 Å². The molecule has 0 amide bonds. The molecule has 0 saturated heterocycles. The number of ether oxygens (including phenoxy) is 1. The number of methoxy groups -OCH3 is 1. The van der Waals surface area contributed by atoms with E-state index in [1.165, 1.54) is 12.0 Å². The summed E-state index contributed by atoms with van der Waals surface area (Å²) in [6.07, 6.45) is 2.36. The quantitative estimate of drug-likeness (QED) is 0.667. The first kappa shape index (κ1) is 13.0. The van der Waals surface area contributed by atoms with Crippen LogP contribution in [0.15, 0.2) is 18.2 Å². The van der Waals surface area contributed by atoms with Crippen LogP contribution in [-0.4, -0.2) is 15.6 Å². The van der Waals surface area contributed by atoms with Gasteiger partial charge >= 0.3 is 0 Å². The van der Waals surface area contributed by atoms with Gasteiger partial charge in [0.05, 0.1) is 7.11 Å². The predicted molar refractivity (Wildman–Crippen MR) is 78.1 cm³/mol. The van der Waals surface area contributed by atoms with Gasteiger partial charge in [0.2, 0.25) is 0 Å². The van der Waals surface area contributed by atoms with E-state index in [0.29, 0.717) is 9.17 Å². The fraction of sp³-hybridized carbons (Fsp3) is 0.571. The van der Waals surface area contributed by atoms with E-state index in [1.54, 1.807) is 13.2 Å². The SMILES string of the molecule is COc1cc(CC2CC(C)(I)C2C)ccc1O. The number of aromatic hydroxyl groups is 1. The van der Waals surface area contributed by atoms with Crippen molar-refractivity contribution >= 4 is 22.6 Å². The van der Waals surface area contributed by atoms with Gasteiger partial charge < -0.3 is 9.84 Å². The van der Waals surface area contributed by atoms with Gasteiger partial charge in [-0.25, -0.2) is 0 Å². The Morgan fingerprint density at radius 3 is 2.76 bits per heavy atom. The Kier molecular flexibility index (Phi) is 3.57. The van der Waals surface area contributed by atoms with Crippen LogP contribution >= 0.6 is 22.6 Å². The molecular weight excluding hydrogens is 327 g/mol. The lowest BCUT2D eigenvalue weighted by molar-refractivity contribution is 0.149. The average Bonchev–Trinajstić information content (AvgIpc) is 2.30. The number of benzene rings is 1. The lowest BCUT2D eigenvalue weighted by atomic mass is 9.64. The molecule has 1 aliphatic rings. The van der Waals surface area contributed by atoms with Crippen LogP contribution in [0.2, 0.25) is 0 Å². The fourth-order valence-corrected chi connectivity index (χ4v) is 3.68. The highest BCUT2D eigenvalue weighted by Crippen LogP contribution is 2.51. The number of hydrogen-bond donors (Lipinski definition) is 1. The predicted octanol–water partition coefficient (Wildman–Crippen LogP) is 3.79. The minimum Gasteiger partial charge on any atom is -0.504 e. The standard InChI is InChI=1S/C14H19IO2/c1-9-11(8-14(9,2)15)6-10-4-5-12(16)13(7-10)17-3/h4-5,7,9,11,16H,6,8H2,1-3H3. The summed E-state index contributed by atoms with van der Waals surface area (Å²) in [5.74, 6) is 2.30. The van der Waals surface area contributed by atoms with Crippen molar-refractivity contribution in [3.8, 4) is 11.5 Å². The molecule has 17 heavy (non-hydrogen) atoms. The number of rotatable bonds is 3. The summed E-state index contributed by atoms with van der Waals surface area (Å²) >= 11 is 2.57. The molecule has 3 heteroatoms. The van der Waals surface area contributed by atoms with Crippen molar-refractivity contribution in [3.05, 3.63) is 23.8 Å². The molecule has 0 aliphatic heterocycles. The molecule has 1 aromatic carbocycles. The summed E-state index contributed by atoms with van der Waals surface area (Å²) < 4.78 is 5.60. The largest absolute Gasteiger partial charge is 0.504 e. The van der Waals surface area contributed by atoms with E-state index in [1.807, 2.05) is 12.1 Å². The maximum atomic E-state index is 9.55. The first-order valence-corrected chi connectivity index (χ1v) is 7.06. The van der Waals surface area contributed by atoms with Gasteiger partial charge in [-0.2, -0.15) is 0 Å². The van der Waals surface area contributed by atoms with Crippen molar-refractivity contribution in [1.82, 2.24) is 0 Å². The topological polar surface area (TPSA) is 29.5 Å². The molecule has 2 rings (SSSR count). The Balaban J connectivity index is 2.05. The minimum absolute atomic E-state index is 0.219. The molecule has 94 valence electrons. The van der Waals surface area contributed by atoms with E-state index in [0.717, 1.165) is 18.3 Å². The number of phenols is 1. The number of phenolic OH excluding ortho intramolecular Hbond substituents is 1. The molecule has 3 unspecified atom stereocenters. The smallest absolute Gasteiger partial charge is 0.160 e. The number of hydrogen-bond acceptors (Lipinski definition) is 2. The molecular formula is C14H19IO2. The summed E-state index contributed by atoms with van der Waals surface area (Å²) in [7, 11) is 1.59. The van der Waals surface area contributed by atoms with Crippen LogP contribution in [0, 0.1) is 11.8 Å². The van der Waals surface area contributed by atoms with Gasteiger partial charge in [-0.3, -0.25) is 0 Å². The Morgan fingerprint density at radius 2 is 2.24 bits per heavy atom. The molecule has 1 aliphatic carbocycles. The molecule has 0 aromatic heterocycles. The molecule has 1 N–H and O–H groups in total. The molecule has 2 nitrogen and oxygen atoms in total. The maximum absolute atomic E-state index is 9.55. The highest BCUT2D eigenvalue weighted by Gasteiger charge is 2.45. The highest BCUT2D eigenvalue weighted by molar-refractivity contribution is 14.1. The Morgan fingerprint density at radius 1 is 1.53 bits per heavy atom. The third-order valence-electron chi connectivity index (χ3n) is 4.06. The Bertz CT molecular complexity index is 415. The lowest BCUT2D eigenvalue weighted by Crippen LogP contribution is -2.46. The van der Waals surface area contributed by atoms with Crippen molar-refractivity contribution in [1.29, 1.82) is 0 Å². The zero-order valence-electron chi connectivity index (χ0n) is 10.5. The second-order valence-electron chi connectivity index (χ2n) is 5.24. The third-order valence-corrected chi connectivity index (χ3v) is 5.48. The van der Waals surface area contributed by atoms with E-state index < -0.39 is 0 Å². The molecule has 1 aromatic rings. The van der Waals surface area contributed by atoms with Crippen molar-refractivity contribution in [3.63, 3.8) is 0 Å². The molecule has 1 saturated carbocycles.